The van der Waals surface area contributed by atoms with Gasteiger partial charge >= 0.3 is 0 Å². The van der Waals surface area contributed by atoms with Crippen LogP contribution in [0.1, 0.15) is 19.8 Å². The minimum atomic E-state index is -0.534. The molecule has 0 spiro atoms. The number of rotatable bonds is 6. The zero-order chi connectivity index (χ0) is 19.5. The first-order valence-corrected chi connectivity index (χ1v) is 9.77. The molecule has 0 bridgehead atoms. The van der Waals surface area contributed by atoms with E-state index in [4.69, 9.17) is 9.26 Å². The largest absolute Gasteiger partial charge is 0.491 e. The summed E-state index contributed by atoms with van der Waals surface area (Å²) < 4.78 is 24.4. The van der Waals surface area contributed by atoms with Crippen LogP contribution in [0.4, 0.5) is 4.39 Å². The second-order valence-electron chi connectivity index (χ2n) is 7.65. The summed E-state index contributed by atoms with van der Waals surface area (Å²) in [6.45, 7) is 5.21. The Kier molecular flexibility index (Phi) is 5.59. The Labute approximate surface area is 163 Å². The molecule has 28 heavy (non-hydrogen) atoms. The van der Waals surface area contributed by atoms with Crippen molar-refractivity contribution in [2.24, 2.45) is 5.92 Å². The predicted molar refractivity (Wildman–Crippen MR) is 106 cm³/mol. The molecule has 1 unspecified atom stereocenters. The van der Waals surface area contributed by atoms with Crippen molar-refractivity contribution in [3.63, 3.8) is 0 Å². The number of nitrogens with zero attached hydrogens (tertiary/aromatic N) is 2. The van der Waals surface area contributed by atoms with E-state index in [9.17, 15) is 9.50 Å². The molecule has 0 amide bonds. The van der Waals surface area contributed by atoms with Crippen molar-refractivity contribution in [3.05, 3.63) is 48.3 Å². The second kappa shape index (κ2) is 8.29. The highest BCUT2D eigenvalue weighted by Crippen LogP contribution is 2.30. The number of hydrogen-bond donors (Lipinski definition) is 1. The minimum absolute atomic E-state index is 0.236. The summed E-state index contributed by atoms with van der Waals surface area (Å²) in [6.07, 6.45) is 1.84. The number of piperidine rings is 1. The van der Waals surface area contributed by atoms with Crippen molar-refractivity contribution < 1.29 is 18.8 Å². The van der Waals surface area contributed by atoms with Crippen LogP contribution in [0.25, 0.3) is 22.2 Å². The fourth-order valence-electron chi connectivity index (χ4n) is 3.64. The van der Waals surface area contributed by atoms with Gasteiger partial charge < -0.3 is 19.3 Å². The lowest BCUT2D eigenvalue weighted by molar-refractivity contribution is 0.0563. The lowest BCUT2D eigenvalue weighted by Gasteiger charge is -2.31. The first-order valence-electron chi connectivity index (χ1n) is 9.77. The summed E-state index contributed by atoms with van der Waals surface area (Å²) in [5, 5.41) is 15.1. The van der Waals surface area contributed by atoms with Crippen LogP contribution >= 0.6 is 0 Å². The number of likely N-dealkylation sites (tertiary alicyclic amines) is 1. The molecule has 1 aliphatic heterocycles. The van der Waals surface area contributed by atoms with Crippen LogP contribution < -0.4 is 4.74 Å². The first-order chi connectivity index (χ1) is 13.6. The standard InChI is InChI=1S/C22H25FN2O3/c1-15-7-9-25(10-8-15)13-18(26)14-27-19-4-2-3-16(11-19)22-20-6-5-17(23)12-21(20)28-24-22/h2-6,11-12,15,18,26H,7-10,13-14H2,1H3. The summed E-state index contributed by atoms with van der Waals surface area (Å²) in [7, 11) is 0. The Morgan fingerprint density at radius 1 is 1.25 bits per heavy atom. The zero-order valence-corrected chi connectivity index (χ0v) is 16.0. The highest BCUT2D eigenvalue weighted by molar-refractivity contribution is 5.91. The number of hydrogen-bond acceptors (Lipinski definition) is 5. The number of fused-ring (bicyclic) bond motifs is 1. The lowest BCUT2D eigenvalue weighted by Crippen LogP contribution is -2.40. The minimum Gasteiger partial charge on any atom is -0.491 e. The second-order valence-corrected chi connectivity index (χ2v) is 7.65. The first kappa shape index (κ1) is 18.9. The summed E-state index contributed by atoms with van der Waals surface area (Å²) in [5.41, 5.74) is 1.87. The van der Waals surface area contributed by atoms with Crippen LogP contribution in [0, 0.1) is 11.7 Å². The van der Waals surface area contributed by atoms with Gasteiger partial charge in [-0.25, -0.2) is 4.39 Å². The summed E-state index contributed by atoms with van der Waals surface area (Å²) in [5.74, 6) is 1.07. The van der Waals surface area contributed by atoms with Gasteiger partial charge in [0.2, 0.25) is 0 Å². The van der Waals surface area contributed by atoms with Crippen molar-refractivity contribution in [2.75, 3.05) is 26.2 Å². The maximum absolute atomic E-state index is 13.3. The van der Waals surface area contributed by atoms with E-state index in [-0.39, 0.29) is 12.4 Å². The fraction of sp³-hybridized carbons (Fsp3) is 0.409. The van der Waals surface area contributed by atoms with Gasteiger partial charge in [0.25, 0.3) is 0 Å². The van der Waals surface area contributed by atoms with Crippen molar-refractivity contribution in [1.82, 2.24) is 10.1 Å². The third-order valence-corrected chi connectivity index (χ3v) is 5.33. The van der Waals surface area contributed by atoms with Gasteiger partial charge in [-0.3, -0.25) is 0 Å². The molecule has 4 rings (SSSR count). The summed E-state index contributed by atoms with van der Waals surface area (Å²) in [4.78, 5) is 2.30. The topological polar surface area (TPSA) is 58.7 Å². The molecule has 1 aromatic heterocycles. The van der Waals surface area contributed by atoms with E-state index >= 15 is 0 Å². The maximum atomic E-state index is 13.3. The van der Waals surface area contributed by atoms with Crippen LogP contribution in [0.3, 0.4) is 0 Å². The molecule has 148 valence electrons. The van der Waals surface area contributed by atoms with Gasteiger partial charge in [-0.05, 0) is 56.1 Å². The van der Waals surface area contributed by atoms with Gasteiger partial charge in [-0.15, -0.1) is 0 Å². The molecular formula is C22H25FN2O3. The van der Waals surface area contributed by atoms with Crippen LogP contribution in [-0.4, -0.2) is 47.5 Å². The Bertz CT molecular complexity index is 934. The molecule has 3 aromatic rings. The van der Waals surface area contributed by atoms with Gasteiger partial charge in [0.1, 0.15) is 30.0 Å². The van der Waals surface area contributed by atoms with Gasteiger partial charge in [-0.2, -0.15) is 0 Å². The fourth-order valence-corrected chi connectivity index (χ4v) is 3.64. The predicted octanol–water partition coefficient (Wildman–Crippen LogP) is 4.11. The molecule has 0 aliphatic carbocycles. The monoisotopic (exact) mass is 384 g/mol. The third kappa shape index (κ3) is 4.34. The number of β-amino-alcohol motifs (C(OH)–C–C–N with tert-alkyl or cyclic N) is 1. The van der Waals surface area contributed by atoms with Crippen molar-refractivity contribution in [2.45, 2.75) is 25.9 Å². The van der Waals surface area contributed by atoms with E-state index in [1.54, 1.807) is 6.07 Å². The molecule has 1 atom stereocenters. The average Bonchev–Trinajstić information content (AvgIpc) is 3.11. The molecule has 1 N–H and O–H groups in total. The summed E-state index contributed by atoms with van der Waals surface area (Å²) in [6, 6.07) is 11.8. The average molecular weight is 384 g/mol. The number of ether oxygens (including phenoxy) is 1. The molecule has 0 radical (unpaired) electrons. The van der Waals surface area contributed by atoms with Crippen LogP contribution in [0.15, 0.2) is 47.0 Å². The van der Waals surface area contributed by atoms with Gasteiger partial charge in [0.05, 0.1) is 0 Å². The molecule has 1 aliphatic rings. The normalized spacial score (nSPS) is 17.1. The van der Waals surface area contributed by atoms with Crippen LogP contribution in [-0.2, 0) is 0 Å². The SMILES string of the molecule is CC1CCN(CC(O)COc2cccc(-c3noc4cc(F)ccc34)c2)CC1. The highest BCUT2D eigenvalue weighted by atomic mass is 19.1. The molecule has 5 nitrogen and oxygen atoms in total. The van der Waals surface area contributed by atoms with Gasteiger partial charge in [0.15, 0.2) is 5.58 Å². The Balaban J connectivity index is 1.39. The van der Waals surface area contributed by atoms with Crippen LogP contribution in [0.2, 0.25) is 0 Å². The Morgan fingerprint density at radius 2 is 2.07 bits per heavy atom. The molecule has 2 heterocycles. The molecule has 0 saturated carbocycles. The molecular weight excluding hydrogens is 359 g/mol. The zero-order valence-electron chi connectivity index (χ0n) is 16.0. The van der Waals surface area contributed by atoms with Crippen LogP contribution in [0.5, 0.6) is 5.75 Å². The number of aromatic nitrogens is 1. The number of benzene rings is 2. The van der Waals surface area contributed by atoms with Crippen molar-refractivity contribution in [1.29, 1.82) is 0 Å². The number of halogens is 1. The van der Waals surface area contributed by atoms with E-state index in [1.807, 2.05) is 24.3 Å². The molecule has 1 saturated heterocycles. The summed E-state index contributed by atoms with van der Waals surface area (Å²) >= 11 is 0. The quantitative estimate of drug-likeness (QED) is 0.693. The molecule has 6 heteroatoms. The smallest absolute Gasteiger partial charge is 0.170 e. The number of aliphatic hydroxyl groups excluding tert-OH is 1. The van der Waals surface area contributed by atoms with E-state index < -0.39 is 6.10 Å². The van der Waals surface area contributed by atoms with E-state index in [2.05, 4.69) is 17.0 Å². The van der Waals surface area contributed by atoms with E-state index in [0.29, 0.717) is 23.6 Å². The highest BCUT2D eigenvalue weighted by Gasteiger charge is 2.19. The lowest BCUT2D eigenvalue weighted by atomic mass is 9.99. The van der Waals surface area contributed by atoms with Gasteiger partial charge in [0, 0.05) is 23.6 Å². The van der Waals surface area contributed by atoms with Crippen molar-refractivity contribution in [3.8, 4) is 17.0 Å². The van der Waals surface area contributed by atoms with Crippen molar-refractivity contribution >= 4 is 11.0 Å². The Hall–Kier alpha value is -2.44. The third-order valence-electron chi connectivity index (χ3n) is 5.33. The molecule has 1 fully saturated rings. The number of aliphatic hydroxyl groups is 1. The van der Waals surface area contributed by atoms with E-state index in [1.165, 1.54) is 25.0 Å². The van der Waals surface area contributed by atoms with E-state index in [0.717, 1.165) is 30.0 Å². The Morgan fingerprint density at radius 3 is 2.89 bits per heavy atom. The van der Waals surface area contributed by atoms with Gasteiger partial charge in [-0.1, -0.05) is 24.2 Å². The molecule has 2 aromatic carbocycles. The maximum Gasteiger partial charge on any atom is 0.170 e.